The number of aliphatic hydroxyl groups excluding tert-OH is 3. The molecule has 0 saturated carbocycles. The van der Waals surface area contributed by atoms with Crippen LogP contribution in [-0.4, -0.2) is 71.1 Å². The van der Waals surface area contributed by atoms with Crippen LogP contribution in [0.4, 0.5) is 0 Å². The van der Waals surface area contributed by atoms with E-state index in [1.165, 1.54) is 13.4 Å². The van der Waals surface area contributed by atoms with Gasteiger partial charge in [0.05, 0.1) is 12.0 Å². The van der Waals surface area contributed by atoms with Crippen molar-refractivity contribution in [2.45, 2.75) is 31.8 Å². The number of allylic oxidation sites excluding steroid dienone is 1. The van der Waals surface area contributed by atoms with Crippen molar-refractivity contribution in [3.63, 3.8) is 0 Å². The Bertz CT molecular complexity index is 470. The Morgan fingerprint density at radius 2 is 2.27 bits per heavy atom. The van der Waals surface area contributed by atoms with E-state index in [4.69, 9.17) is 16.3 Å². The van der Waals surface area contributed by atoms with Crippen LogP contribution in [0.5, 0.6) is 0 Å². The van der Waals surface area contributed by atoms with Crippen molar-refractivity contribution in [1.82, 2.24) is 4.90 Å². The number of nitrogens with zero attached hydrogens (tertiary/aromatic N) is 3. The first kappa shape index (κ1) is 18.3. The number of methoxy groups -OCH3 is 1. The van der Waals surface area contributed by atoms with Crippen LogP contribution in [0.15, 0.2) is 22.3 Å². The lowest BCUT2D eigenvalue weighted by atomic mass is 10.1. The minimum absolute atomic E-state index is 0.0526. The molecule has 1 aliphatic rings. The molecule has 7 nitrogen and oxygen atoms in total. The van der Waals surface area contributed by atoms with Gasteiger partial charge in [-0.25, -0.2) is 4.99 Å². The van der Waals surface area contributed by atoms with E-state index in [2.05, 4.69) is 15.9 Å². The van der Waals surface area contributed by atoms with Crippen LogP contribution in [0.25, 0.3) is 0 Å². The van der Waals surface area contributed by atoms with E-state index >= 15 is 0 Å². The molecule has 0 fully saturated rings. The van der Waals surface area contributed by atoms with Gasteiger partial charge in [-0.15, -0.1) is 6.42 Å². The predicted molar refractivity (Wildman–Crippen MR) is 84.3 cm³/mol. The molecule has 1 heterocycles. The van der Waals surface area contributed by atoms with Gasteiger partial charge in [0.2, 0.25) is 0 Å². The number of ether oxygens (including phenoxy) is 1. The molecule has 0 spiro atoms. The molecule has 7 heteroatoms. The van der Waals surface area contributed by atoms with Crippen LogP contribution in [0.1, 0.15) is 13.3 Å². The standard InChI is InChI=1S/C15H23N3O4/c1-4-12-5-7-18(10-16-9-17-11(12)2)15(22-3)14(21)13(20)6-8-19/h1,5,7,9,12-15,19-21H,6,8,10H2,2-3H3/b7-5-,16-9?,17-11?/t12?,13-,14-,15-/m1/s1. The average Bonchev–Trinajstić information content (AvgIpc) is 2.59. The smallest absolute Gasteiger partial charge is 0.159 e. The quantitative estimate of drug-likeness (QED) is 0.579. The van der Waals surface area contributed by atoms with E-state index in [-0.39, 0.29) is 25.6 Å². The molecular weight excluding hydrogens is 286 g/mol. The molecule has 122 valence electrons. The number of aliphatic hydroxyl groups is 3. The van der Waals surface area contributed by atoms with E-state index < -0.39 is 18.4 Å². The van der Waals surface area contributed by atoms with Crippen LogP contribution in [-0.2, 0) is 4.74 Å². The van der Waals surface area contributed by atoms with Gasteiger partial charge in [0.25, 0.3) is 0 Å². The number of terminal acetylenes is 1. The monoisotopic (exact) mass is 309 g/mol. The normalized spacial score (nSPS) is 24.3. The number of hydrogen-bond donors (Lipinski definition) is 3. The average molecular weight is 309 g/mol. The zero-order chi connectivity index (χ0) is 16.5. The van der Waals surface area contributed by atoms with Crippen LogP contribution in [0.3, 0.4) is 0 Å². The fourth-order valence-corrected chi connectivity index (χ4v) is 2.03. The molecule has 0 aliphatic carbocycles. The molecule has 0 saturated heterocycles. The molecule has 0 bridgehead atoms. The van der Waals surface area contributed by atoms with Crippen LogP contribution >= 0.6 is 0 Å². The summed E-state index contributed by atoms with van der Waals surface area (Å²) in [4.78, 5) is 9.87. The summed E-state index contributed by atoms with van der Waals surface area (Å²) in [7, 11) is 1.42. The SMILES string of the molecule is C#CC1/C=C\N([C@H](OC)[C@H](O)[C@H](O)CCO)CN=CN=C1C. The zero-order valence-corrected chi connectivity index (χ0v) is 12.8. The van der Waals surface area contributed by atoms with Crippen LogP contribution < -0.4 is 0 Å². The maximum Gasteiger partial charge on any atom is 0.159 e. The maximum absolute atomic E-state index is 10.2. The van der Waals surface area contributed by atoms with Crippen molar-refractivity contribution in [2.24, 2.45) is 15.9 Å². The first-order valence-corrected chi connectivity index (χ1v) is 6.97. The molecule has 0 aromatic carbocycles. The van der Waals surface area contributed by atoms with E-state index in [1.807, 2.05) is 6.92 Å². The molecular formula is C15H23N3O4. The second kappa shape index (κ2) is 9.33. The summed E-state index contributed by atoms with van der Waals surface area (Å²) in [5, 5.41) is 28.9. The first-order chi connectivity index (χ1) is 10.5. The summed E-state index contributed by atoms with van der Waals surface area (Å²) in [6.07, 6.45) is 7.22. The molecule has 22 heavy (non-hydrogen) atoms. The number of rotatable bonds is 6. The highest BCUT2D eigenvalue weighted by molar-refractivity contribution is 5.93. The largest absolute Gasteiger partial charge is 0.396 e. The topological polar surface area (TPSA) is 97.9 Å². The fourth-order valence-electron chi connectivity index (χ4n) is 2.03. The third-order valence-corrected chi connectivity index (χ3v) is 3.37. The van der Waals surface area contributed by atoms with Crippen molar-refractivity contribution < 1.29 is 20.1 Å². The Balaban J connectivity index is 2.94. The highest BCUT2D eigenvalue weighted by atomic mass is 16.5. The van der Waals surface area contributed by atoms with E-state index in [1.54, 1.807) is 17.2 Å². The summed E-state index contributed by atoms with van der Waals surface area (Å²) in [6, 6.07) is 0. The Kier molecular flexibility index (Phi) is 7.77. The molecule has 1 aliphatic heterocycles. The predicted octanol–water partition coefficient (Wildman–Crippen LogP) is -0.412. The highest BCUT2D eigenvalue weighted by Gasteiger charge is 2.29. The molecule has 0 radical (unpaired) electrons. The van der Waals surface area contributed by atoms with Crippen molar-refractivity contribution >= 4 is 12.1 Å². The zero-order valence-electron chi connectivity index (χ0n) is 12.8. The molecule has 4 atom stereocenters. The second-order valence-corrected chi connectivity index (χ2v) is 4.91. The van der Waals surface area contributed by atoms with Gasteiger partial charge in [-0.3, -0.25) is 4.99 Å². The summed E-state index contributed by atoms with van der Waals surface area (Å²) in [6.45, 7) is 1.77. The minimum atomic E-state index is -1.20. The molecule has 0 aromatic heterocycles. The van der Waals surface area contributed by atoms with Gasteiger partial charge in [-0.2, -0.15) is 0 Å². The third kappa shape index (κ3) is 4.93. The number of aliphatic imine (C=N–C) groups is 2. The maximum atomic E-state index is 10.2. The Morgan fingerprint density at radius 3 is 2.86 bits per heavy atom. The highest BCUT2D eigenvalue weighted by Crippen LogP contribution is 2.14. The van der Waals surface area contributed by atoms with Crippen LogP contribution in [0.2, 0.25) is 0 Å². The Morgan fingerprint density at radius 1 is 1.55 bits per heavy atom. The molecule has 3 N–H and O–H groups in total. The van der Waals surface area contributed by atoms with Gasteiger partial charge < -0.3 is 25.0 Å². The lowest BCUT2D eigenvalue weighted by Gasteiger charge is -2.33. The summed E-state index contributed by atoms with van der Waals surface area (Å²) in [5.74, 6) is 2.32. The van der Waals surface area contributed by atoms with Crippen molar-refractivity contribution in [1.29, 1.82) is 0 Å². The van der Waals surface area contributed by atoms with Crippen molar-refractivity contribution in [2.75, 3.05) is 20.4 Å². The van der Waals surface area contributed by atoms with Crippen molar-refractivity contribution in [3.05, 3.63) is 12.3 Å². The Labute approximate surface area is 130 Å². The van der Waals surface area contributed by atoms with E-state index in [9.17, 15) is 10.2 Å². The molecule has 1 rings (SSSR count). The lowest BCUT2D eigenvalue weighted by molar-refractivity contribution is -0.131. The molecule has 0 aromatic rings. The minimum Gasteiger partial charge on any atom is -0.396 e. The number of hydrogen-bond acceptors (Lipinski definition) is 7. The van der Waals surface area contributed by atoms with Crippen LogP contribution in [0, 0.1) is 18.3 Å². The first-order valence-electron chi connectivity index (χ1n) is 6.97. The summed E-state index contributed by atoms with van der Waals surface area (Å²) in [5.41, 5.74) is 0.735. The van der Waals surface area contributed by atoms with Gasteiger partial charge in [-0.1, -0.05) is 5.92 Å². The lowest BCUT2D eigenvalue weighted by Crippen LogP contribution is -2.48. The molecule has 0 amide bonds. The van der Waals surface area contributed by atoms with E-state index in [0.29, 0.717) is 0 Å². The van der Waals surface area contributed by atoms with Crippen molar-refractivity contribution in [3.8, 4) is 12.3 Å². The van der Waals surface area contributed by atoms with Gasteiger partial charge >= 0.3 is 0 Å². The molecule has 1 unspecified atom stereocenters. The van der Waals surface area contributed by atoms with Gasteiger partial charge in [0, 0.05) is 25.6 Å². The van der Waals surface area contributed by atoms with Gasteiger partial charge in [0.15, 0.2) is 6.23 Å². The third-order valence-electron chi connectivity index (χ3n) is 3.37. The fraction of sp³-hybridized carbons (Fsp3) is 0.600. The summed E-state index contributed by atoms with van der Waals surface area (Å²) < 4.78 is 5.27. The van der Waals surface area contributed by atoms with Gasteiger partial charge in [0.1, 0.15) is 19.1 Å². The summed E-state index contributed by atoms with van der Waals surface area (Å²) >= 11 is 0. The van der Waals surface area contributed by atoms with Gasteiger partial charge in [-0.05, 0) is 19.4 Å². The second-order valence-electron chi connectivity index (χ2n) is 4.91. The Hall–Kier alpha value is -1.72. The van der Waals surface area contributed by atoms with E-state index in [0.717, 1.165) is 5.71 Å².